The Morgan fingerprint density at radius 2 is 1.90 bits per heavy atom. The molecular formula is C15H13Cl3O2. The first-order valence-corrected chi connectivity index (χ1v) is 7.15. The third kappa shape index (κ3) is 3.58. The molecule has 0 spiro atoms. The molecule has 2 aromatic carbocycles. The van der Waals surface area contributed by atoms with Crippen molar-refractivity contribution in [3.8, 4) is 5.75 Å². The van der Waals surface area contributed by atoms with Gasteiger partial charge >= 0.3 is 0 Å². The van der Waals surface area contributed by atoms with Crippen molar-refractivity contribution in [1.29, 1.82) is 0 Å². The Kier molecular flexibility index (Phi) is 5.17. The zero-order chi connectivity index (χ0) is 14.7. The molecule has 2 rings (SSSR count). The van der Waals surface area contributed by atoms with Crippen molar-refractivity contribution in [3.63, 3.8) is 0 Å². The summed E-state index contributed by atoms with van der Waals surface area (Å²) in [5.41, 5.74) is 1.42. The van der Waals surface area contributed by atoms with Crippen LogP contribution in [0.25, 0.3) is 0 Å². The predicted octanol–water partition coefficient (Wildman–Crippen LogP) is 5.28. The summed E-state index contributed by atoms with van der Waals surface area (Å²) in [6.45, 7) is 1.92. The molecule has 2 nitrogen and oxygen atoms in total. The Morgan fingerprint density at radius 1 is 1.15 bits per heavy atom. The molecule has 0 aromatic heterocycles. The molecule has 1 unspecified atom stereocenters. The molecule has 5 heteroatoms. The lowest BCUT2D eigenvalue weighted by Gasteiger charge is -2.14. The average Bonchev–Trinajstić information content (AvgIpc) is 2.41. The van der Waals surface area contributed by atoms with E-state index in [1.54, 1.807) is 31.2 Å². The van der Waals surface area contributed by atoms with Crippen molar-refractivity contribution < 1.29 is 9.84 Å². The van der Waals surface area contributed by atoms with E-state index in [-0.39, 0.29) is 6.61 Å². The number of rotatable bonds is 4. The van der Waals surface area contributed by atoms with Crippen molar-refractivity contribution in [2.24, 2.45) is 0 Å². The van der Waals surface area contributed by atoms with Crippen LogP contribution in [0.4, 0.5) is 0 Å². The number of hydrogen-bond acceptors (Lipinski definition) is 2. The standard InChI is InChI=1S/C15H13Cl3O2/c1-9(19)12-7-11(16)5-6-14(12)20-8-10-3-2-4-13(17)15(10)18/h2-7,9,19H,8H2,1H3. The average molecular weight is 332 g/mol. The van der Waals surface area contributed by atoms with Gasteiger partial charge in [0.25, 0.3) is 0 Å². The quantitative estimate of drug-likeness (QED) is 0.826. The van der Waals surface area contributed by atoms with Crippen LogP contribution in [0.5, 0.6) is 5.75 Å². The van der Waals surface area contributed by atoms with Crippen molar-refractivity contribution in [3.05, 3.63) is 62.6 Å². The third-order valence-corrected chi connectivity index (χ3v) is 3.93. The minimum Gasteiger partial charge on any atom is -0.488 e. The molecule has 0 radical (unpaired) electrons. The number of aliphatic hydroxyl groups excluding tert-OH is 1. The van der Waals surface area contributed by atoms with Crippen LogP contribution < -0.4 is 4.74 Å². The first-order valence-electron chi connectivity index (χ1n) is 6.02. The molecule has 0 aliphatic carbocycles. The zero-order valence-corrected chi connectivity index (χ0v) is 13.0. The van der Waals surface area contributed by atoms with E-state index < -0.39 is 6.10 Å². The van der Waals surface area contributed by atoms with Gasteiger partial charge in [0.05, 0.1) is 16.1 Å². The summed E-state index contributed by atoms with van der Waals surface area (Å²) in [7, 11) is 0. The molecule has 106 valence electrons. The second-order valence-electron chi connectivity index (χ2n) is 4.36. The van der Waals surface area contributed by atoms with Crippen molar-refractivity contribution in [1.82, 2.24) is 0 Å². The fourth-order valence-electron chi connectivity index (χ4n) is 1.79. The van der Waals surface area contributed by atoms with Gasteiger partial charge in [-0.25, -0.2) is 0 Å². The molecule has 0 fully saturated rings. The highest BCUT2D eigenvalue weighted by Gasteiger charge is 2.11. The normalized spacial score (nSPS) is 12.2. The van der Waals surface area contributed by atoms with E-state index in [0.29, 0.717) is 26.4 Å². The minimum atomic E-state index is -0.668. The maximum atomic E-state index is 9.74. The summed E-state index contributed by atoms with van der Waals surface area (Å²) >= 11 is 18.0. The van der Waals surface area contributed by atoms with Gasteiger partial charge in [0.15, 0.2) is 0 Å². The second-order valence-corrected chi connectivity index (χ2v) is 5.58. The highest BCUT2D eigenvalue weighted by Crippen LogP contribution is 2.31. The highest BCUT2D eigenvalue weighted by atomic mass is 35.5. The van der Waals surface area contributed by atoms with Crippen LogP contribution in [0, 0.1) is 0 Å². The summed E-state index contributed by atoms with van der Waals surface area (Å²) in [5, 5.41) is 11.2. The van der Waals surface area contributed by atoms with E-state index in [0.717, 1.165) is 5.56 Å². The molecule has 0 aliphatic rings. The van der Waals surface area contributed by atoms with E-state index in [2.05, 4.69) is 0 Å². The molecule has 0 saturated heterocycles. The summed E-state index contributed by atoms with van der Waals surface area (Å²) in [6, 6.07) is 10.5. The molecule has 1 atom stereocenters. The highest BCUT2D eigenvalue weighted by molar-refractivity contribution is 6.42. The van der Waals surface area contributed by atoms with E-state index in [9.17, 15) is 5.11 Å². The topological polar surface area (TPSA) is 29.5 Å². The summed E-state index contributed by atoms with van der Waals surface area (Å²) in [4.78, 5) is 0. The number of halogens is 3. The monoisotopic (exact) mass is 330 g/mol. The maximum absolute atomic E-state index is 9.74. The van der Waals surface area contributed by atoms with E-state index in [1.807, 2.05) is 12.1 Å². The summed E-state index contributed by atoms with van der Waals surface area (Å²) in [6.07, 6.45) is -0.668. The van der Waals surface area contributed by atoms with Gasteiger partial charge in [0, 0.05) is 16.1 Å². The van der Waals surface area contributed by atoms with Crippen LogP contribution in [-0.4, -0.2) is 5.11 Å². The van der Waals surface area contributed by atoms with Crippen LogP contribution in [-0.2, 0) is 6.61 Å². The summed E-state index contributed by atoms with van der Waals surface area (Å²) in [5.74, 6) is 0.570. The van der Waals surface area contributed by atoms with Gasteiger partial charge in [0.2, 0.25) is 0 Å². The minimum absolute atomic E-state index is 0.265. The smallest absolute Gasteiger partial charge is 0.125 e. The Bertz CT molecular complexity index is 612. The first-order chi connectivity index (χ1) is 9.49. The molecule has 0 amide bonds. The van der Waals surface area contributed by atoms with Crippen molar-refractivity contribution >= 4 is 34.8 Å². The van der Waals surface area contributed by atoms with Gasteiger partial charge in [-0.3, -0.25) is 0 Å². The fourth-order valence-corrected chi connectivity index (χ4v) is 2.35. The van der Waals surface area contributed by atoms with Crippen LogP contribution >= 0.6 is 34.8 Å². The maximum Gasteiger partial charge on any atom is 0.125 e. The number of benzene rings is 2. The molecule has 0 heterocycles. The van der Waals surface area contributed by atoms with Crippen LogP contribution in [0.3, 0.4) is 0 Å². The largest absolute Gasteiger partial charge is 0.488 e. The molecule has 20 heavy (non-hydrogen) atoms. The van der Waals surface area contributed by atoms with Gasteiger partial charge < -0.3 is 9.84 Å². The Hall–Kier alpha value is -0.930. The Balaban J connectivity index is 2.21. The molecule has 1 N–H and O–H groups in total. The van der Waals surface area contributed by atoms with Crippen molar-refractivity contribution in [2.75, 3.05) is 0 Å². The lowest BCUT2D eigenvalue weighted by molar-refractivity contribution is 0.190. The van der Waals surface area contributed by atoms with E-state index in [4.69, 9.17) is 39.5 Å². The van der Waals surface area contributed by atoms with Gasteiger partial charge in [-0.2, -0.15) is 0 Å². The lowest BCUT2D eigenvalue weighted by Crippen LogP contribution is -2.01. The van der Waals surface area contributed by atoms with Gasteiger partial charge in [-0.15, -0.1) is 0 Å². The number of ether oxygens (including phenoxy) is 1. The number of hydrogen-bond donors (Lipinski definition) is 1. The van der Waals surface area contributed by atoms with Crippen LogP contribution in [0.1, 0.15) is 24.2 Å². The molecule has 0 saturated carbocycles. The van der Waals surface area contributed by atoms with Gasteiger partial charge in [0.1, 0.15) is 12.4 Å². The van der Waals surface area contributed by atoms with Crippen LogP contribution in [0.2, 0.25) is 15.1 Å². The van der Waals surface area contributed by atoms with E-state index >= 15 is 0 Å². The molecule has 0 aliphatic heterocycles. The predicted molar refractivity (Wildman–Crippen MR) is 82.9 cm³/mol. The summed E-state index contributed by atoms with van der Waals surface area (Å²) < 4.78 is 5.71. The molecule has 2 aromatic rings. The SMILES string of the molecule is CC(O)c1cc(Cl)ccc1OCc1cccc(Cl)c1Cl. The molecular weight excluding hydrogens is 319 g/mol. The zero-order valence-electron chi connectivity index (χ0n) is 10.7. The lowest BCUT2D eigenvalue weighted by atomic mass is 10.1. The third-order valence-electron chi connectivity index (χ3n) is 2.84. The number of aliphatic hydroxyl groups is 1. The van der Waals surface area contributed by atoms with Gasteiger partial charge in [-0.1, -0.05) is 46.9 Å². The second kappa shape index (κ2) is 6.68. The Labute approximate surface area is 132 Å². The van der Waals surface area contributed by atoms with Crippen molar-refractivity contribution in [2.45, 2.75) is 19.6 Å². The fraction of sp³-hybridized carbons (Fsp3) is 0.200. The van der Waals surface area contributed by atoms with E-state index in [1.165, 1.54) is 0 Å². The Morgan fingerprint density at radius 3 is 2.60 bits per heavy atom. The van der Waals surface area contributed by atoms with Crippen LogP contribution in [0.15, 0.2) is 36.4 Å². The molecule has 0 bridgehead atoms. The van der Waals surface area contributed by atoms with Gasteiger partial charge in [-0.05, 0) is 31.2 Å². The first kappa shape index (κ1) is 15.5.